The van der Waals surface area contributed by atoms with Crippen molar-refractivity contribution in [1.29, 1.82) is 0 Å². The second-order valence-corrected chi connectivity index (χ2v) is 10.8. The molecule has 5 heteroatoms. The van der Waals surface area contributed by atoms with Crippen LogP contribution in [0.1, 0.15) is 42.9 Å². The van der Waals surface area contributed by atoms with Crippen molar-refractivity contribution in [2.24, 2.45) is 0 Å². The number of morpholine rings is 1. The summed E-state index contributed by atoms with van der Waals surface area (Å²) in [6, 6.07) is 18.7. The highest BCUT2D eigenvalue weighted by atomic mass is 16.5. The van der Waals surface area contributed by atoms with E-state index in [0.717, 1.165) is 78.3 Å². The van der Waals surface area contributed by atoms with Gasteiger partial charge in [-0.15, -0.1) is 0 Å². The van der Waals surface area contributed by atoms with Gasteiger partial charge in [0.25, 0.3) is 0 Å². The molecule has 0 spiro atoms. The first-order chi connectivity index (χ1) is 17.0. The summed E-state index contributed by atoms with van der Waals surface area (Å²) < 4.78 is 5.51. The number of likely N-dealkylation sites (N-methyl/N-ethyl adjacent to an activating group) is 1. The molecule has 0 radical (unpaired) electrons. The van der Waals surface area contributed by atoms with Crippen LogP contribution in [0.25, 0.3) is 0 Å². The summed E-state index contributed by atoms with van der Waals surface area (Å²) in [4.78, 5) is 7.47. The third-order valence-electron chi connectivity index (χ3n) is 8.28. The van der Waals surface area contributed by atoms with E-state index < -0.39 is 0 Å². The van der Waals surface area contributed by atoms with Crippen molar-refractivity contribution < 1.29 is 4.74 Å². The van der Waals surface area contributed by atoms with E-state index in [9.17, 15) is 0 Å². The van der Waals surface area contributed by atoms with Crippen LogP contribution >= 0.6 is 0 Å². The van der Waals surface area contributed by atoms with Crippen LogP contribution in [-0.4, -0.2) is 88.5 Å². The molecule has 0 aromatic heterocycles. The van der Waals surface area contributed by atoms with Crippen LogP contribution in [0.15, 0.2) is 48.5 Å². The molecule has 2 aliphatic rings. The van der Waals surface area contributed by atoms with E-state index in [1.54, 1.807) is 0 Å². The Balaban J connectivity index is 1.41. The fourth-order valence-corrected chi connectivity index (χ4v) is 5.70. The Bertz CT molecular complexity index is 886. The second-order valence-electron chi connectivity index (χ2n) is 10.8. The minimum Gasteiger partial charge on any atom is -0.378 e. The van der Waals surface area contributed by atoms with Gasteiger partial charge in [0.15, 0.2) is 0 Å². The van der Waals surface area contributed by atoms with E-state index in [2.05, 4.69) is 96.5 Å². The molecule has 2 aliphatic heterocycles. The third-order valence-corrected chi connectivity index (χ3v) is 8.28. The molecule has 2 unspecified atom stereocenters. The number of hydrogen-bond acceptors (Lipinski definition) is 5. The predicted octanol–water partition coefficient (Wildman–Crippen LogP) is 4.03. The summed E-state index contributed by atoms with van der Waals surface area (Å²) in [6.07, 6.45) is 3.24. The predicted molar refractivity (Wildman–Crippen MR) is 148 cm³/mol. The average Bonchev–Trinajstić information content (AvgIpc) is 2.90. The summed E-state index contributed by atoms with van der Waals surface area (Å²) in [5.74, 6) is 0.567. The van der Waals surface area contributed by atoms with Gasteiger partial charge in [-0.2, -0.15) is 0 Å². The monoisotopic (exact) mass is 478 g/mol. The highest BCUT2D eigenvalue weighted by Gasteiger charge is 2.31. The molecule has 2 saturated heterocycles. The Morgan fingerprint density at radius 2 is 1.46 bits per heavy atom. The van der Waals surface area contributed by atoms with Crippen molar-refractivity contribution in [1.82, 2.24) is 15.1 Å². The first kappa shape index (κ1) is 26.2. The molecule has 35 heavy (non-hydrogen) atoms. The number of anilines is 1. The zero-order valence-electron chi connectivity index (χ0n) is 22.4. The summed E-state index contributed by atoms with van der Waals surface area (Å²) in [7, 11) is 4.49. The van der Waals surface area contributed by atoms with Gasteiger partial charge in [0, 0.05) is 57.0 Å². The Kier molecular flexibility index (Phi) is 9.23. The van der Waals surface area contributed by atoms with Crippen molar-refractivity contribution in [3.05, 3.63) is 65.2 Å². The smallest absolute Gasteiger partial charge is 0.0642 e. The maximum Gasteiger partial charge on any atom is 0.0642 e. The lowest BCUT2D eigenvalue weighted by Gasteiger charge is -2.40. The zero-order chi connectivity index (χ0) is 24.7. The van der Waals surface area contributed by atoms with Crippen molar-refractivity contribution in [3.63, 3.8) is 0 Å². The van der Waals surface area contributed by atoms with Crippen molar-refractivity contribution in [3.8, 4) is 0 Å². The topological polar surface area (TPSA) is 31.0 Å². The highest BCUT2D eigenvalue weighted by molar-refractivity contribution is 5.48. The molecule has 5 nitrogen and oxygen atoms in total. The zero-order valence-corrected chi connectivity index (χ0v) is 22.4. The lowest BCUT2D eigenvalue weighted by atomic mass is 9.81. The van der Waals surface area contributed by atoms with Gasteiger partial charge in [-0.05, 0) is 68.1 Å². The molecule has 2 aromatic rings. The molecular weight excluding hydrogens is 432 g/mol. The van der Waals surface area contributed by atoms with Crippen LogP contribution in [0.4, 0.5) is 5.69 Å². The lowest BCUT2D eigenvalue weighted by molar-refractivity contribution is 0.122. The molecule has 2 fully saturated rings. The molecule has 0 bridgehead atoms. The number of rotatable bonds is 10. The van der Waals surface area contributed by atoms with Gasteiger partial charge in [0.1, 0.15) is 0 Å². The first-order valence-electron chi connectivity index (χ1n) is 13.6. The van der Waals surface area contributed by atoms with E-state index in [1.807, 2.05) is 0 Å². The van der Waals surface area contributed by atoms with Gasteiger partial charge in [-0.3, -0.25) is 0 Å². The van der Waals surface area contributed by atoms with E-state index in [0.29, 0.717) is 5.92 Å². The molecule has 1 N–H and O–H groups in total. The number of piperazine rings is 1. The van der Waals surface area contributed by atoms with Crippen LogP contribution in [0.3, 0.4) is 0 Å². The van der Waals surface area contributed by atoms with Gasteiger partial charge in [0.05, 0.1) is 13.2 Å². The number of benzene rings is 2. The van der Waals surface area contributed by atoms with E-state index >= 15 is 0 Å². The fourth-order valence-electron chi connectivity index (χ4n) is 5.70. The van der Waals surface area contributed by atoms with Gasteiger partial charge in [-0.25, -0.2) is 0 Å². The van der Waals surface area contributed by atoms with E-state index in [-0.39, 0.29) is 5.54 Å². The maximum atomic E-state index is 5.51. The highest BCUT2D eigenvalue weighted by Crippen LogP contribution is 2.29. The Hall–Kier alpha value is -1.92. The normalized spacial score (nSPS) is 20.1. The van der Waals surface area contributed by atoms with Crippen LogP contribution in [0.5, 0.6) is 0 Å². The van der Waals surface area contributed by atoms with Gasteiger partial charge >= 0.3 is 0 Å². The Morgan fingerprint density at radius 1 is 0.886 bits per heavy atom. The van der Waals surface area contributed by atoms with Crippen LogP contribution in [-0.2, 0) is 17.6 Å². The molecule has 192 valence electrons. The van der Waals surface area contributed by atoms with Gasteiger partial charge in [0.2, 0.25) is 0 Å². The number of nitrogens with zero attached hydrogens (tertiary/aromatic N) is 3. The van der Waals surface area contributed by atoms with Crippen molar-refractivity contribution in [2.45, 2.75) is 44.6 Å². The summed E-state index contributed by atoms with van der Waals surface area (Å²) >= 11 is 0. The summed E-state index contributed by atoms with van der Waals surface area (Å²) in [6.45, 7) is 14.0. The second kappa shape index (κ2) is 12.4. The lowest BCUT2D eigenvalue weighted by Crippen LogP contribution is -2.47. The van der Waals surface area contributed by atoms with E-state index in [4.69, 9.17) is 4.74 Å². The quantitative estimate of drug-likeness (QED) is 0.557. The van der Waals surface area contributed by atoms with Gasteiger partial charge in [-0.1, -0.05) is 50.2 Å². The van der Waals surface area contributed by atoms with Gasteiger partial charge < -0.3 is 24.8 Å². The molecular formula is C30H46N4O. The first-order valence-corrected chi connectivity index (χ1v) is 13.6. The molecule has 2 atom stereocenters. The molecule has 0 saturated carbocycles. The molecule has 0 amide bonds. The molecule has 4 rings (SSSR count). The van der Waals surface area contributed by atoms with Crippen LogP contribution < -0.4 is 10.2 Å². The number of nitrogens with one attached hydrogen (secondary N) is 1. The van der Waals surface area contributed by atoms with Crippen molar-refractivity contribution >= 4 is 5.69 Å². The van der Waals surface area contributed by atoms with E-state index in [1.165, 1.54) is 22.4 Å². The van der Waals surface area contributed by atoms with Crippen molar-refractivity contribution in [2.75, 3.05) is 78.0 Å². The molecule has 0 aliphatic carbocycles. The SMILES string of the molecule is CCC(Cc1ccc(C(C)CN2CCNCC2)cc1)(Cc1ccc(N2CCOCC2)cc1)N(C)C. The number of ether oxygens (including phenoxy) is 1. The summed E-state index contributed by atoms with van der Waals surface area (Å²) in [5.41, 5.74) is 5.73. The third kappa shape index (κ3) is 6.85. The minimum atomic E-state index is 0.106. The van der Waals surface area contributed by atoms with Crippen LogP contribution in [0.2, 0.25) is 0 Å². The average molecular weight is 479 g/mol. The Labute approximate surface area is 213 Å². The fraction of sp³-hybridized carbons (Fsp3) is 0.600. The van der Waals surface area contributed by atoms with Crippen LogP contribution in [0, 0.1) is 0 Å². The largest absolute Gasteiger partial charge is 0.378 e. The Morgan fingerprint density at radius 3 is 2.00 bits per heavy atom. The molecule has 2 aromatic carbocycles. The minimum absolute atomic E-state index is 0.106. The summed E-state index contributed by atoms with van der Waals surface area (Å²) in [5, 5.41) is 3.45. The number of hydrogen-bond donors (Lipinski definition) is 1. The maximum absolute atomic E-state index is 5.51. The molecule has 2 heterocycles. The standard InChI is InChI=1S/C30H46N4O/c1-5-30(32(3)4,23-27-8-12-29(13-9-27)34-18-20-35-21-19-34)22-26-6-10-28(11-7-26)25(2)24-33-16-14-31-15-17-33/h6-13,25,31H,5,14-24H2,1-4H3.